The van der Waals surface area contributed by atoms with E-state index in [9.17, 15) is 12.8 Å². The van der Waals surface area contributed by atoms with E-state index in [4.69, 9.17) is 5.73 Å². The molecule has 1 atom stereocenters. The van der Waals surface area contributed by atoms with Crippen LogP contribution in [0.4, 0.5) is 10.1 Å². The van der Waals surface area contributed by atoms with Crippen molar-refractivity contribution in [3.63, 3.8) is 0 Å². The van der Waals surface area contributed by atoms with Crippen LogP contribution in [0.5, 0.6) is 0 Å². The lowest BCUT2D eigenvalue weighted by atomic mass is 10.2. The lowest BCUT2D eigenvalue weighted by Gasteiger charge is -2.15. The lowest BCUT2D eigenvalue weighted by molar-refractivity contribution is 0.538. The van der Waals surface area contributed by atoms with Crippen LogP contribution in [0.3, 0.4) is 0 Å². The molecule has 0 aliphatic carbocycles. The minimum absolute atomic E-state index is 0.222. The molecule has 0 fully saturated rings. The molecule has 0 aliphatic heterocycles. The first kappa shape index (κ1) is 17.3. The summed E-state index contributed by atoms with van der Waals surface area (Å²) in [6.07, 6.45) is 0.695. The van der Waals surface area contributed by atoms with Crippen molar-refractivity contribution >= 4 is 27.5 Å². The first-order valence-electron chi connectivity index (χ1n) is 6.43. The first-order chi connectivity index (χ1) is 9.27. The van der Waals surface area contributed by atoms with E-state index in [0.717, 1.165) is 17.6 Å². The Morgan fingerprint density at radius 2 is 2.10 bits per heavy atom. The number of rotatable bonds is 7. The summed E-state index contributed by atoms with van der Waals surface area (Å²) < 4.78 is 40.8. The maximum Gasteiger partial charge on any atom is 0.243 e. The molecule has 0 spiro atoms. The molecule has 0 aliphatic rings. The van der Waals surface area contributed by atoms with E-state index in [0.29, 0.717) is 6.42 Å². The number of hydrogen-bond donors (Lipinski definition) is 2. The van der Waals surface area contributed by atoms with Crippen molar-refractivity contribution in [3.05, 3.63) is 23.5 Å². The molecule has 3 N–H and O–H groups in total. The fourth-order valence-corrected chi connectivity index (χ4v) is 4.02. The van der Waals surface area contributed by atoms with Gasteiger partial charge in [-0.2, -0.15) is 11.8 Å². The van der Waals surface area contributed by atoms with Crippen LogP contribution in [0.25, 0.3) is 0 Å². The molecule has 20 heavy (non-hydrogen) atoms. The standard InChI is InChI=1S/C13H21FN2O2S2/c1-4-19-6-5-10(3)16-20(17,18)12-8-11(15)7-9(2)13(12)14/h7-8,10,16H,4-6,15H2,1-3H3. The molecule has 1 rings (SSSR count). The summed E-state index contributed by atoms with van der Waals surface area (Å²) in [5.74, 6) is 1.10. The van der Waals surface area contributed by atoms with Gasteiger partial charge < -0.3 is 5.73 Å². The average molecular weight is 320 g/mol. The maximum atomic E-state index is 14.0. The number of sulfonamides is 1. The highest BCUT2D eigenvalue weighted by Crippen LogP contribution is 2.22. The molecule has 114 valence electrons. The fraction of sp³-hybridized carbons (Fsp3) is 0.538. The normalized spacial score (nSPS) is 13.4. The van der Waals surface area contributed by atoms with Crippen molar-refractivity contribution in [1.29, 1.82) is 0 Å². The Hall–Kier alpha value is -0.790. The van der Waals surface area contributed by atoms with Crippen molar-refractivity contribution in [3.8, 4) is 0 Å². The van der Waals surface area contributed by atoms with Crippen molar-refractivity contribution in [2.45, 2.75) is 38.1 Å². The maximum absolute atomic E-state index is 14.0. The van der Waals surface area contributed by atoms with Gasteiger partial charge in [-0.25, -0.2) is 17.5 Å². The van der Waals surface area contributed by atoms with Gasteiger partial charge in [-0.15, -0.1) is 0 Å². The number of halogens is 1. The molecule has 1 aromatic carbocycles. The summed E-state index contributed by atoms with van der Waals surface area (Å²) in [5, 5.41) is 0. The fourth-order valence-electron chi connectivity index (χ4n) is 1.75. The molecular weight excluding hydrogens is 299 g/mol. The number of hydrogen-bond acceptors (Lipinski definition) is 4. The summed E-state index contributed by atoms with van der Waals surface area (Å²) in [4.78, 5) is -0.384. The number of aryl methyl sites for hydroxylation is 1. The van der Waals surface area contributed by atoms with Crippen LogP contribution in [0.15, 0.2) is 17.0 Å². The average Bonchev–Trinajstić information content (AvgIpc) is 2.33. The predicted molar refractivity (Wildman–Crippen MR) is 82.9 cm³/mol. The minimum Gasteiger partial charge on any atom is -0.399 e. The van der Waals surface area contributed by atoms with E-state index in [1.165, 1.54) is 13.0 Å². The largest absolute Gasteiger partial charge is 0.399 e. The highest BCUT2D eigenvalue weighted by Gasteiger charge is 2.23. The summed E-state index contributed by atoms with van der Waals surface area (Å²) in [7, 11) is -3.89. The third kappa shape index (κ3) is 4.64. The van der Waals surface area contributed by atoms with Gasteiger partial charge in [-0.1, -0.05) is 6.92 Å². The van der Waals surface area contributed by atoms with E-state index in [1.54, 1.807) is 18.7 Å². The second-order valence-electron chi connectivity index (χ2n) is 4.66. The van der Waals surface area contributed by atoms with E-state index >= 15 is 0 Å². The summed E-state index contributed by atoms with van der Waals surface area (Å²) in [6, 6.07) is 2.31. The van der Waals surface area contributed by atoms with Crippen LogP contribution >= 0.6 is 11.8 Å². The SMILES string of the molecule is CCSCCC(C)NS(=O)(=O)c1cc(N)cc(C)c1F. The first-order valence-corrected chi connectivity index (χ1v) is 9.07. The zero-order valence-electron chi connectivity index (χ0n) is 11.9. The molecule has 4 nitrogen and oxygen atoms in total. The highest BCUT2D eigenvalue weighted by atomic mass is 32.2. The van der Waals surface area contributed by atoms with Gasteiger partial charge in [-0.05, 0) is 49.5 Å². The third-order valence-electron chi connectivity index (χ3n) is 2.79. The van der Waals surface area contributed by atoms with Gasteiger partial charge in [0.1, 0.15) is 10.7 Å². The molecule has 0 saturated carbocycles. The van der Waals surface area contributed by atoms with E-state index in [1.807, 2.05) is 6.92 Å². The molecule has 0 aromatic heterocycles. The monoisotopic (exact) mass is 320 g/mol. The number of anilines is 1. The van der Waals surface area contributed by atoms with Crippen LogP contribution in [-0.4, -0.2) is 26.0 Å². The molecule has 0 heterocycles. The number of thioether (sulfide) groups is 1. The van der Waals surface area contributed by atoms with Gasteiger partial charge in [-0.3, -0.25) is 0 Å². The molecule has 0 amide bonds. The molecule has 1 aromatic rings. The Labute approximate surface area is 124 Å². The molecule has 0 bridgehead atoms. The van der Waals surface area contributed by atoms with Gasteiger partial charge in [0.15, 0.2) is 0 Å². The quantitative estimate of drug-likeness (QED) is 0.598. The van der Waals surface area contributed by atoms with Crippen LogP contribution in [0.2, 0.25) is 0 Å². The van der Waals surface area contributed by atoms with Crippen molar-refractivity contribution in [2.24, 2.45) is 0 Å². The minimum atomic E-state index is -3.89. The molecular formula is C13H21FN2O2S2. The summed E-state index contributed by atoms with van der Waals surface area (Å²) in [5.41, 5.74) is 6.05. The van der Waals surface area contributed by atoms with Gasteiger partial charge >= 0.3 is 0 Å². The second kappa shape index (κ2) is 7.28. The molecule has 0 radical (unpaired) electrons. The molecule has 1 unspecified atom stereocenters. The van der Waals surface area contributed by atoms with E-state index in [-0.39, 0.29) is 22.2 Å². The Morgan fingerprint density at radius 3 is 2.70 bits per heavy atom. The van der Waals surface area contributed by atoms with Crippen LogP contribution < -0.4 is 10.5 Å². The van der Waals surface area contributed by atoms with Crippen LogP contribution in [0.1, 0.15) is 25.8 Å². The second-order valence-corrected chi connectivity index (χ2v) is 7.73. The van der Waals surface area contributed by atoms with Crippen LogP contribution in [-0.2, 0) is 10.0 Å². The number of nitrogens with two attached hydrogens (primary N) is 1. The summed E-state index contributed by atoms with van der Waals surface area (Å²) in [6.45, 7) is 5.31. The highest BCUT2D eigenvalue weighted by molar-refractivity contribution is 7.99. The topological polar surface area (TPSA) is 72.2 Å². The number of nitrogen functional groups attached to an aromatic ring is 1. The zero-order valence-corrected chi connectivity index (χ0v) is 13.6. The van der Waals surface area contributed by atoms with Crippen molar-refractivity contribution < 1.29 is 12.8 Å². The predicted octanol–water partition coefficient (Wildman–Crippen LogP) is 2.53. The Balaban J connectivity index is 2.89. The summed E-state index contributed by atoms with van der Waals surface area (Å²) >= 11 is 1.74. The van der Waals surface area contributed by atoms with Gasteiger partial charge in [0, 0.05) is 11.7 Å². The Morgan fingerprint density at radius 1 is 1.45 bits per heavy atom. The van der Waals surface area contributed by atoms with Gasteiger partial charge in [0.2, 0.25) is 10.0 Å². The Kier molecular flexibility index (Phi) is 6.29. The van der Waals surface area contributed by atoms with Gasteiger partial charge in [0.05, 0.1) is 0 Å². The van der Waals surface area contributed by atoms with E-state index < -0.39 is 15.8 Å². The Bertz CT molecular complexity index is 562. The smallest absolute Gasteiger partial charge is 0.243 e. The van der Waals surface area contributed by atoms with Crippen LogP contribution in [0, 0.1) is 12.7 Å². The van der Waals surface area contributed by atoms with E-state index in [2.05, 4.69) is 4.72 Å². The third-order valence-corrected chi connectivity index (χ3v) is 5.31. The molecule has 0 saturated heterocycles. The van der Waals surface area contributed by atoms with Crippen molar-refractivity contribution in [2.75, 3.05) is 17.2 Å². The molecule has 7 heteroatoms. The zero-order chi connectivity index (χ0) is 15.3. The van der Waals surface area contributed by atoms with Gasteiger partial charge in [0.25, 0.3) is 0 Å². The lowest BCUT2D eigenvalue weighted by Crippen LogP contribution is -2.33. The van der Waals surface area contributed by atoms with Crippen molar-refractivity contribution in [1.82, 2.24) is 4.72 Å². The number of benzene rings is 1. The number of nitrogens with one attached hydrogen (secondary N) is 1.